The summed E-state index contributed by atoms with van der Waals surface area (Å²) in [5.74, 6) is -0.0130. The highest BCUT2D eigenvalue weighted by molar-refractivity contribution is 7.89. The lowest BCUT2D eigenvalue weighted by molar-refractivity contribution is -0.116. The van der Waals surface area contributed by atoms with Gasteiger partial charge in [0.2, 0.25) is 15.9 Å². The SMILES string of the molecule is CC(=O)N1CCCc2cc(S(=O)(=O)NC(C)(C)CC(C)(C)C)ccc21. The Labute approximate surface area is 151 Å². The fraction of sp³-hybridized carbons (Fsp3) is 0.632. The number of carbonyl (C=O) groups excluding carboxylic acids is 1. The van der Waals surface area contributed by atoms with Gasteiger partial charge in [0.25, 0.3) is 0 Å². The van der Waals surface area contributed by atoms with Crippen molar-refractivity contribution in [3.63, 3.8) is 0 Å². The summed E-state index contributed by atoms with van der Waals surface area (Å²) < 4.78 is 28.5. The van der Waals surface area contributed by atoms with Gasteiger partial charge in [-0.2, -0.15) is 0 Å². The molecule has 0 radical (unpaired) electrons. The first kappa shape index (κ1) is 19.9. The van der Waals surface area contributed by atoms with E-state index in [0.717, 1.165) is 30.5 Å². The first-order chi connectivity index (χ1) is 11.3. The number of rotatable bonds is 4. The minimum atomic E-state index is -3.62. The van der Waals surface area contributed by atoms with Gasteiger partial charge >= 0.3 is 0 Å². The Balaban J connectivity index is 2.31. The second-order valence-electron chi connectivity index (χ2n) is 8.79. The average Bonchev–Trinajstić information content (AvgIpc) is 2.41. The third kappa shape index (κ3) is 5.05. The Morgan fingerprint density at radius 2 is 1.84 bits per heavy atom. The monoisotopic (exact) mass is 366 g/mol. The molecule has 0 unspecified atom stereocenters. The van der Waals surface area contributed by atoms with Crippen LogP contribution in [0.1, 0.15) is 59.9 Å². The zero-order chi connectivity index (χ0) is 19.0. The Bertz CT molecular complexity index is 761. The predicted octanol–water partition coefficient (Wildman–Crippen LogP) is 3.48. The topological polar surface area (TPSA) is 66.5 Å². The molecule has 25 heavy (non-hydrogen) atoms. The molecule has 1 aromatic rings. The molecule has 2 rings (SSSR count). The summed E-state index contributed by atoms with van der Waals surface area (Å²) in [7, 11) is -3.62. The van der Waals surface area contributed by atoms with Crippen molar-refractivity contribution in [3.8, 4) is 0 Å². The number of hydrogen-bond acceptors (Lipinski definition) is 3. The molecule has 0 saturated carbocycles. The first-order valence-electron chi connectivity index (χ1n) is 8.76. The lowest BCUT2D eigenvalue weighted by atomic mass is 9.82. The molecule has 0 spiro atoms. The van der Waals surface area contributed by atoms with E-state index in [1.807, 2.05) is 13.8 Å². The van der Waals surface area contributed by atoms with Crippen LogP contribution in [0.5, 0.6) is 0 Å². The van der Waals surface area contributed by atoms with Crippen LogP contribution < -0.4 is 9.62 Å². The number of nitrogens with zero attached hydrogens (tertiary/aromatic N) is 1. The van der Waals surface area contributed by atoms with Gasteiger partial charge in [0.15, 0.2) is 0 Å². The fourth-order valence-corrected chi connectivity index (χ4v) is 5.31. The number of aryl methyl sites for hydroxylation is 1. The predicted molar refractivity (Wildman–Crippen MR) is 101 cm³/mol. The van der Waals surface area contributed by atoms with E-state index in [2.05, 4.69) is 25.5 Å². The summed E-state index contributed by atoms with van der Waals surface area (Å²) in [6.45, 7) is 12.3. The molecule has 1 amide bonds. The maximum absolute atomic E-state index is 12.8. The Morgan fingerprint density at radius 1 is 1.20 bits per heavy atom. The Kier molecular flexibility index (Phi) is 5.36. The van der Waals surface area contributed by atoms with E-state index < -0.39 is 15.6 Å². The third-order valence-corrected chi connectivity index (χ3v) is 5.94. The van der Waals surface area contributed by atoms with E-state index in [0.29, 0.717) is 6.54 Å². The molecule has 0 saturated heterocycles. The molecule has 0 aliphatic carbocycles. The molecule has 0 fully saturated rings. The third-order valence-electron chi connectivity index (χ3n) is 4.24. The smallest absolute Gasteiger partial charge is 0.241 e. The van der Waals surface area contributed by atoms with Crippen LogP contribution in [0.25, 0.3) is 0 Å². The highest BCUT2D eigenvalue weighted by Crippen LogP contribution is 2.31. The van der Waals surface area contributed by atoms with Gasteiger partial charge in [-0.15, -0.1) is 0 Å². The van der Waals surface area contributed by atoms with Crippen molar-refractivity contribution in [1.29, 1.82) is 0 Å². The van der Waals surface area contributed by atoms with Crippen molar-refractivity contribution in [3.05, 3.63) is 23.8 Å². The van der Waals surface area contributed by atoms with E-state index in [1.54, 1.807) is 23.1 Å². The number of sulfonamides is 1. The number of hydrogen-bond donors (Lipinski definition) is 1. The summed E-state index contributed by atoms with van der Waals surface area (Å²) >= 11 is 0. The van der Waals surface area contributed by atoms with Crippen molar-refractivity contribution in [2.24, 2.45) is 5.41 Å². The average molecular weight is 367 g/mol. The Hall–Kier alpha value is -1.40. The van der Waals surface area contributed by atoms with Crippen LogP contribution >= 0.6 is 0 Å². The molecular formula is C19H30N2O3S. The summed E-state index contributed by atoms with van der Waals surface area (Å²) in [5, 5.41) is 0. The van der Waals surface area contributed by atoms with E-state index in [4.69, 9.17) is 0 Å². The maximum atomic E-state index is 12.8. The van der Waals surface area contributed by atoms with Crippen molar-refractivity contribution >= 4 is 21.6 Å². The van der Waals surface area contributed by atoms with Gasteiger partial charge in [-0.05, 0) is 62.3 Å². The van der Waals surface area contributed by atoms with Crippen molar-refractivity contribution in [1.82, 2.24) is 4.72 Å². The van der Waals surface area contributed by atoms with Crippen LogP contribution in [-0.4, -0.2) is 26.4 Å². The standard InChI is InChI=1S/C19H30N2O3S/c1-14(22)21-11-7-8-15-12-16(9-10-17(15)21)25(23,24)20-19(5,6)13-18(2,3)4/h9-10,12,20H,7-8,11,13H2,1-6H3. The highest BCUT2D eigenvalue weighted by atomic mass is 32.2. The maximum Gasteiger partial charge on any atom is 0.241 e. The zero-order valence-corrected chi connectivity index (χ0v) is 17.0. The minimum absolute atomic E-state index is 0.0130. The van der Waals surface area contributed by atoms with Gasteiger partial charge in [0.1, 0.15) is 0 Å². The van der Waals surface area contributed by atoms with Crippen LogP contribution in [0, 0.1) is 5.41 Å². The van der Waals surface area contributed by atoms with E-state index >= 15 is 0 Å². The van der Waals surface area contributed by atoms with Gasteiger partial charge in [0.05, 0.1) is 4.90 Å². The van der Waals surface area contributed by atoms with Crippen LogP contribution in [0.2, 0.25) is 0 Å². The van der Waals surface area contributed by atoms with Crippen molar-refractivity contribution in [2.45, 2.75) is 71.2 Å². The normalized spacial score (nSPS) is 15.8. The summed E-state index contributed by atoms with van der Waals surface area (Å²) in [4.78, 5) is 13.7. The van der Waals surface area contributed by atoms with Gasteiger partial charge in [-0.3, -0.25) is 4.79 Å². The molecule has 1 aliphatic rings. The lowest BCUT2D eigenvalue weighted by Gasteiger charge is -2.33. The van der Waals surface area contributed by atoms with Crippen molar-refractivity contribution in [2.75, 3.05) is 11.4 Å². The van der Waals surface area contributed by atoms with Crippen molar-refractivity contribution < 1.29 is 13.2 Å². The van der Waals surface area contributed by atoms with Crippen LogP contribution in [0.4, 0.5) is 5.69 Å². The fourth-order valence-electron chi connectivity index (χ4n) is 3.85. The zero-order valence-electron chi connectivity index (χ0n) is 16.1. The molecule has 0 bridgehead atoms. The number of fused-ring (bicyclic) bond motifs is 1. The summed E-state index contributed by atoms with van der Waals surface area (Å²) in [5.41, 5.74) is 1.21. The molecule has 0 atom stereocenters. The van der Waals surface area contributed by atoms with Gasteiger partial charge in [-0.25, -0.2) is 13.1 Å². The molecule has 1 N–H and O–H groups in total. The quantitative estimate of drug-likeness (QED) is 0.887. The second-order valence-corrected chi connectivity index (χ2v) is 10.5. The highest BCUT2D eigenvalue weighted by Gasteiger charge is 2.31. The number of anilines is 1. The minimum Gasteiger partial charge on any atom is -0.312 e. The molecule has 6 heteroatoms. The van der Waals surface area contributed by atoms with Crippen LogP contribution in [0.15, 0.2) is 23.1 Å². The lowest BCUT2D eigenvalue weighted by Crippen LogP contribution is -2.45. The number of amides is 1. The van der Waals surface area contributed by atoms with Gasteiger partial charge in [-0.1, -0.05) is 20.8 Å². The van der Waals surface area contributed by atoms with Crippen LogP contribution in [0.3, 0.4) is 0 Å². The Morgan fingerprint density at radius 3 is 2.40 bits per heavy atom. The van der Waals surface area contributed by atoms with E-state index in [-0.39, 0.29) is 16.2 Å². The number of carbonyl (C=O) groups is 1. The molecule has 1 heterocycles. The number of nitrogens with one attached hydrogen (secondary N) is 1. The van der Waals surface area contributed by atoms with Gasteiger partial charge < -0.3 is 4.90 Å². The molecule has 1 aromatic carbocycles. The molecule has 140 valence electrons. The molecule has 0 aromatic heterocycles. The molecule has 1 aliphatic heterocycles. The molecular weight excluding hydrogens is 336 g/mol. The van der Waals surface area contributed by atoms with Crippen LogP contribution in [-0.2, 0) is 21.2 Å². The summed E-state index contributed by atoms with van der Waals surface area (Å²) in [6.07, 6.45) is 2.36. The second kappa shape index (κ2) is 6.72. The van der Waals surface area contributed by atoms with Gasteiger partial charge in [0, 0.05) is 24.7 Å². The van der Waals surface area contributed by atoms with E-state index in [1.165, 1.54) is 6.92 Å². The first-order valence-corrected chi connectivity index (χ1v) is 10.2. The van der Waals surface area contributed by atoms with E-state index in [9.17, 15) is 13.2 Å². The molecule has 5 nitrogen and oxygen atoms in total. The summed E-state index contributed by atoms with van der Waals surface area (Å²) in [6, 6.07) is 5.05. The number of benzene rings is 1. The largest absolute Gasteiger partial charge is 0.312 e.